The lowest BCUT2D eigenvalue weighted by molar-refractivity contribution is -0.384. The number of benzene rings is 1. The van der Waals surface area contributed by atoms with Crippen molar-refractivity contribution in [1.29, 1.82) is 0 Å². The molecule has 0 radical (unpaired) electrons. The van der Waals surface area contributed by atoms with E-state index >= 15 is 0 Å². The molecular formula is C12H16BrN3O2. The fourth-order valence-corrected chi connectivity index (χ4v) is 2.83. The number of nitrogens with one attached hydrogen (secondary N) is 1. The molecule has 1 aromatic rings. The molecule has 0 amide bonds. The zero-order valence-corrected chi connectivity index (χ0v) is 11.8. The summed E-state index contributed by atoms with van der Waals surface area (Å²) < 4.78 is 0.873. The fourth-order valence-electron chi connectivity index (χ4n) is 2.48. The van der Waals surface area contributed by atoms with Crippen LogP contribution in [0, 0.1) is 10.1 Å². The van der Waals surface area contributed by atoms with Crippen molar-refractivity contribution in [2.24, 2.45) is 0 Å². The molecule has 1 aromatic carbocycles. The van der Waals surface area contributed by atoms with Crippen LogP contribution in [0.5, 0.6) is 0 Å². The predicted molar refractivity (Wildman–Crippen MR) is 75.1 cm³/mol. The molecule has 1 N–H and O–H groups in total. The van der Waals surface area contributed by atoms with Crippen molar-refractivity contribution < 1.29 is 4.92 Å². The van der Waals surface area contributed by atoms with E-state index in [9.17, 15) is 10.1 Å². The van der Waals surface area contributed by atoms with Crippen LogP contribution in [0.3, 0.4) is 0 Å². The predicted octanol–water partition coefficient (Wildman–Crippen LogP) is 2.55. The fraction of sp³-hybridized carbons (Fsp3) is 0.500. The molecule has 1 unspecified atom stereocenters. The molecule has 1 atom stereocenters. The SMILES string of the molecule is CNCC1CCCN1c1cc(Br)ccc1[N+](=O)[O-]. The molecule has 0 aromatic heterocycles. The number of hydrogen-bond acceptors (Lipinski definition) is 4. The van der Waals surface area contributed by atoms with Gasteiger partial charge in [0.15, 0.2) is 0 Å². The molecule has 1 fully saturated rings. The Kier molecular flexibility index (Phi) is 4.19. The van der Waals surface area contributed by atoms with Crippen LogP contribution < -0.4 is 10.2 Å². The summed E-state index contributed by atoms with van der Waals surface area (Å²) in [4.78, 5) is 12.9. The van der Waals surface area contributed by atoms with Gasteiger partial charge < -0.3 is 10.2 Å². The van der Waals surface area contributed by atoms with Gasteiger partial charge in [-0.05, 0) is 32.0 Å². The van der Waals surface area contributed by atoms with Crippen molar-refractivity contribution >= 4 is 27.3 Å². The van der Waals surface area contributed by atoms with E-state index in [1.807, 2.05) is 13.1 Å². The average Bonchev–Trinajstić information content (AvgIpc) is 2.77. The summed E-state index contributed by atoms with van der Waals surface area (Å²) in [7, 11) is 1.91. The number of likely N-dealkylation sites (N-methyl/N-ethyl adjacent to an activating group) is 1. The summed E-state index contributed by atoms with van der Waals surface area (Å²) in [6.07, 6.45) is 2.15. The Morgan fingerprint density at radius 2 is 2.39 bits per heavy atom. The van der Waals surface area contributed by atoms with Gasteiger partial charge in [-0.15, -0.1) is 0 Å². The molecule has 1 saturated heterocycles. The van der Waals surface area contributed by atoms with Gasteiger partial charge in [-0.1, -0.05) is 15.9 Å². The largest absolute Gasteiger partial charge is 0.362 e. The molecule has 0 bridgehead atoms. The van der Waals surface area contributed by atoms with Crippen molar-refractivity contribution in [3.05, 3.63) is 32.8 Å². The molecule has 1 aliphatic rings. The highest BCUT2D eigenvalue weighted by Crippen LogP contribution is 2.35. The summed E-state index contributed by atoms with van der Waals surface area (Å²) in [6.45, 7) is 1.73. The van der Waals surface area contributed by atoms with Crippen LogP contribution >= 0.6 is 15.9 Å². The highest BCUT2D eigenvalue weighted by atomic mass is 79.9. The van der Waals surface area contributed by atoms with Crippen LogP contribution in [0.25, 0.3) is 0 Å². The highest BCUT2D eigenvalue weighted by Gasteiger charge is 2.29. The number of rotatable bonds is 4. The van der Waals surface area contributed by atoms with E-state index in [1.165, 1.54) is 0 Å². The van der Waals surface area contributed by atoms with Gasteiger partial charge in [0, 0.05) is 29.7 Å². The quantitative estimate of drug-likeness (QED) is 0.685. The standard InChI is InChI=1S/C12H16BrN3O2/c1-14-8-10-3-2-6-15(10)12-7-9(13)4-5-11(12)16(17)18/h4-5,7,10,14H,2-3,6,8H2,1H3. The minimum Gasteiger partial charge on any atom is -0.362 e. The van der Waals surface area contributed by atoms with E-state index in [0.717, 1.165) is 30.4 Å². The van der Waals surface area contributed by atoms with Crippen LogP contribution in [0.4, 0.5) is 11.4 Å². The van der Waals surface area contributed by atoms with Gasteiger partial charge in [0.25, 0.3) is 5.69 Å². The Hall–Kier alpha value is -1.14. The highest BCUT2D eigenvalue weighted by molar-refractivity contribution is 9.10. The molecule has 18 heavy (non-hydrogen) atoms. The van der Waals surface area contributed by atoms with E-state index in [2.05, 4.69) is 26.1 Å². The first-order valence-electron chi connectivity index (χ1n) is 5.98. The van der Waals surface area contributed by atoms with Crippen molar-refractivity contribution in [2.45, 2.75) is 18.9 Å². The first-order chi connectivity index (χ1) is 8.63. The zero-order valence-electron chi connectivity index (χ0n) is 10.2. The monoisotopic (exact) mass is 313 g/mol. The van der Waals surface area contributed by atoms with Crippen LogP contribution in [-0.2, 0) is 0 Å². The third-order valence-corrected chi connectivity index (χ3v) is 3.75. The van der Waals surface area contributed by atoms with Gasteiger partial charge in [-0.3, -0.25) is 10.1 Å². The lowest BCUT2D eigenvalue weighted by Crippen LogP contribution is -2.37. The number of nitrogens with zero attached hydrogens (tertiary/aromatic N) is 2. The van der Waals surface area contributed by atoms with E-state index < -0.39 is 0 Å². The number of hydrogen-bond donors (Lipinski definition) is 1. The van der Waals surface area contributed by atoms with Gasteiger partial charge in [0.1, 0.15) is 5.69 Å². The van der Waals surface area contributed by atoms with E-state index in [-0.39, 0.29) is 10.6 Å². The summed E-state index contributed by atoms with van der Waals surface area (Å²) in [5, 5.41) is 14.3. The first kappa shape index (κ1) is 13.3. The maximum atomic E-state index is 11.1. The topological polar surface area (TPSA) is 58.4 Å². The number of anilines is 1. The van der Waals surface area contributed by atoms with Gasteiger partial charge in [0.05, 0.1) is 4.92 Å². The van der Waals surface area contributed by atoms with Crippen molar-refractivity contribution in [1.82, 2.24) is 5.32 Å². The average molecular weight is 314 g/mol. The van der Waals surface area contributed by atoms with Crippen LogP contribution in [-0.4, -0.2) is 31.1 Å². The van der Waals surface area contributed by atoms with Crippen molar-refractivity contribution in [3.63, 3.8) is 0 Å². The molecule has 1 aliphatic heterocycles. The third kappa shape index (κ3) is 2.64. The van der Waals surface area contributed by atoms with Gasteiger partial charge in [-0.2, -0.15) is 0 Å². The third-order valence-electron chi connectivity index (χ3n) is 3.26. The zero-order chi connectivity index (χ0) is 13.1. The van der Waals surface area contributed by atoms with Crippen LogP contribution in [0.1, 0.15) is 12.8 Å². The molecule has 0 aliphatic carbocycles. The second-order valence-electron chi connectivity index (χ2n) is 4.44. The molecule has 1 heterocycles. The Morgan fingerprint density at radius 3 is 3.06 bits per heavy atom. The van der Waals surface area contributed by atoms with Crippen LogP contribution in [0.2, 0.25) is 0 Å². The number of nitro benzene ring substituents is 1. The lowest BCUT2D eigenvalue weighted by atomic mass is 10.2. The smallest absolute Gasteiger partial charge is 0.292 e. The maximum Gasteiger partial charge on any atom is 0.292 e. The summed E-state index contributed by atoms with van der Waals surface area (Å²) >= 11 is 3.39. The van der Waals surface area contributed by atoms with Gasteiger partial charge >= 0.3 is 0 Å². The van der Waals surface area contributed by atoms with E-state index in [0.29, 0.717) is 11.7 Å². The lowest BCUT2D eigenvalue weighted by Gasteiger charge is -2.26. The second-order valence-corrected chi connectivity index (χ2v) is 5.35. The van der Waals surface area contributed by atoms with Gasteiger partial charge in [-0.25, -0.2) is 0 Å². The molecular weight excluding hydrogens is 298 g/mol. The summed E-state index contributed by atoms with van der Waals surface area (Å²) in [5.41, 5.74) is 0.897. The van der Waals surface area contributed by atoms with E-state index in [4.69, 9.17) is 0 Å². The summed E-state index contributed by atoms with van der Waals surface area (Å²) in [6, 6.07) is 5.45. The Bertz CT molecular complexity index is 453. The molecule has 6 heteroatoms. The molecule has 0 saturated carbocycles. The van der Waals surface area contributed by atoms with Crippen LogP contribution in [0.15, 0.2) is 22.7 Å². The molecule has 0 spiro atoms. The minimum absolute atomic E-state index is 0.182. The maximum absolute atomic E-state index is 11.1. The Morgan fingerprint density at radius 1 is 1.61 bits per heavy atom. The molecule has 5 nitrogen and oxygen atoms in total. The van der Waals surface area contributed by atoms with Crippen molar-refractivity contribution in [2.75, 3.05) is 25.0 Å². The number of halogens is 1. The van der Waals surface area contributed by atoms with Crippen molar-refractivity contribution in [3.8, 4) is 0 Å². The normalized spacial score (nSPS) is 19.2. The van der Waals surface area contributed by atoms with E-state index in [1.54, 1.807) is 12.1 Å². The Labute approximate surface area is 114 Å². The molecule has 98 valence electrons. The Balaban J connectivity index is 2.36. The number of nitro groups is 1. The van der Waals surface area contributed by atoms with Gasteiger partial charge in [0.2, 0.25) is 0 Å². The minimum atomic E-state index is -0.309. The first-order valence-corrected chi connectivity index (χ1v) is 6.78. The second kappa shape index (κ2) is 5.67. The summed E-state index contributed by atoms with van der Waals surface area (Å²) in [5.74, 6) is 0. The molecule has 2 rings (SSSR count).